The molecule has 0 radical (unpaired) electrons. The van der Waals surface area contributed by atoms with Gasteiger partial charge in [0.05, 0.1) is 0 Å². The number of hydrogen-bond donors (Lipinski definition) is 1. The minimum absolute atomic E-state index is 0.650. The van der Waals surface area contributed by atoms with E-state index in [0.717, 1.165) is 24.8 Å². The maximum Gasteiger partial charge on any atom is 0.0357 e. The lowest BCUT2D eigenvalue weighted by Crippen LogP contribution is -2.26. The third kappa shape index (κ3) is 8.70. The van der Waals surface area contributed by atoms with Crippen molar-refractivity contribution < 1.29 is 4.21 Å². The van der Waals surface area contributed by atoms with Crippen LogP contribution in [0.2, 0.25) is 0 Å². The van der Waals surface area contributed by atoms with Crippen LogP contribution in [0.1, 0.15) is 39.5 Å². The van der Waals surface area contributed by atoms with Crippen molar-refractivity contribution in [3.05, 3.63) is 0 Å². The Morgan fingerprint density at radius 1 is 1.36 bits per heavy atom. The quantitative estimate of drug-likeness (QED) is 0.602. The van der Waals surface area contributed by atoms with Crippen LogP contribution in [0.3, 0.4) is 0 Å². The minimum atomic E-state index is -0.650. The second kappa shape index (κ2) is 9.66. The molecule has 0 aromatic carbocycles. The number of rotatable bonds is 9. The van der Waals surface area contributed by atoms with Gasteiger partial charge in [-0.05, 0) is 18.9 Å². The van der Waals surface area contributed by atoms with E-state index in [1.807, 2.05) is 0 Å². The van der Waals surface area contributed by atoms with Gasteiger partial charge in [-0.1, -0.05) is 33.1 Å². The topological polar surface area (TPSA) is 29.1 Å². The Hall–Kier alpha value is 0.110. The molecule has 1 N–H and O–H groups in total. The van der Waals surface area contributed by atoms with Crippen molar-refractivity contribution in [1.82, 2.24) is 5.32 Å². The molecule has 0 aliphatic heterocycles. The van der Waals surface area contributed by atoms with Gasteiger partial charge in [0.2, 0.25) is 0 Å². The Morgan fingerprint density at radius 2 is 2.07 bits per heavy atom. The summed E-state index contributed by atoms with van der Waals surface area (Å²) in [4.78, 5) is 0. The fourth-order valence-corrected chi connectivity index (χ4v) is 1.90. The molecule has 0 heterocycles. The molecule has 0 rings (SSSR count). The Labute approximate surface area is 91.3 Å². The van der Waals surface area contributed by atoms with Gasteiger partial charge in [-0.2, -0.15) is 0 Å². The molecule has 3 heteroatoms. The van der Waals surface area contributed by atoms with E-state index in [1.54, 1.807) is 6.26 Å². The highest BCUT2D eigenvalue weighted by molar-refractivity contribution is 7.84. The van der Waals surface area contributed by atoms with Gasteiger partial charge in [0, 0.05) is 29.4 Å². The molecule has 0 saturated carbocycles. The van der Waals surface area contributed by atoms with Gasteiger partial charge in [0.1, 0.15) is 0 Å². The normalized spacial score (nSPS) is 15.4. The van der Waals surface area contributed by atoms with Gasteiger partial charge in [-0.25, -0.2) is 0 Å². The van der Waals surface area contributed by atoms with E-state index < -0.39 is 10.8 Å². The highest BCUT2D eigenvalue weighted by atomic mass is 32.2. The highest BCUT2D eigenvalue weighted by Gasteiger charge is 2.04. The fourth-order valence-electron chi connectivity index (χ4n) is 1.47. The molecule has 0 fully saturated rings. The summed E-state index contributed by atoms with van der Waals surface area (Å²) in [7, 11) is -0.650. The largest absolute Gasteiger partial charge is 0.316 e. The van der Waals surface area contributed by atoms with Crippen LogP contribution in [-0.2, 0) is 10.8 Å². The first kappa shape index (κ1) is 14.1. The van der Waals surface area contributed by atoms with Crippen molar-refractivity contribution >= 4 is 10.8 Å². The number of nitrogens with one attached hydrogen (secondary N) is 1. The Morgan fingerprint density at radius 3 is 2.57 bits per heavy atom. The first-order valence-electron chi connectivity index (χ1n) is 5.71. The van der Waals surface area contributed by atoms with Gasteiger partial charge >= 0.3 is 0 Å². The van der Waals surface area contributed by atoms with Gasteiger partial charge in [-0.3, -0.25) is 4.21 Å². The van der Waals surface area contributed by atoms with Gasteiger partial charge in [0.25, 0.3) is 0 Å². The molecular weight excluding hydrogens is 194 g/mol. The summed E-state index contributed by atoms with van der Waals surface area (Å²) < 4.78 is 10.8. The molecule has 0 amide bonds. The van der Waals surface area contributed by atoms with E-state index in [9.17, 15) is 4.21 Å². The average Bonchev–Trinajstić information content (AvgIpc) is 2.16. The van der Waals surface area contributed by atoms with Gasteiger partial charge in [-0.15, -0.1) is 0 Å². The molecule has 0 saturated heterocycles. The standard InChI is InChI=1S/C11H25NOS/c1-4-6-7-11(5-2)10-12-8-9-14(3)13/h11-12H,4-10H2,1-3H3. The molecule has 0 aromatic heterocycles. The van der Waals surface area contributed by atoms with Crippen LogP contribution < -0.4 is 5.32 Å². The van der Waals surface area contributed by atoms with Crippen molar-refractivity contribution in [2.75, 3.05) is 25.1 Å². The lowest BCUT2D eigenvalue weighted by molar-refractivity contribution is 0.425. The summed E-state index contributed by atoms with van der Waals surface area (Å²) in [5.74, 6) is 1.59. The lowest BCUT2D eigenvalue weighted by atomic mass is 9.99. The smallest absolute Gasteiger partial charge is 0.0357 e. The van der Waals surface area contributed by atoms with Crippen molar-refractivity contribution in [3.8, 4) is 0 Å². The second-order valence-corrected chi connectivity index (χ2v) is 5.45. The van der Waals surface area contributed by atoms with Gasteiger partial charge < -0.3 is 5.32 Å². The monoisotopic (exact) mass is 219 g/mol. The molecule has 0 bridgehead atoms. The maximum atomic E-state index is 10.8. The molecule has 2 unspecified atom stereocenters. The number of hydrogen-bond acceptors (Lipinski definition) is 2. The Kier molecular flexibility index (Phi) is 9.73. The zero-order chi connectivity index (χ0) is 10.8. The molecule has 2 atom stereocenters. The first-order valence-corrected chi connectivity index (χ1v) is 7.44. The van der Waals surface area contributed by atoms with Crippen LogP contribution in [0.25, 0.3) is 0 Å². The third-order valence-electron chi connectivity index (χ3n) is 2.54. The predicted molar refractivity (Wildman–Crippen MR) is 65.1 cm³/mol. The maximum absolute atomic E-state index is 10.8. The van der Waals surface area contributed by atoms with Crippen molar-refractivity contribution in [1.29, 1.82) is 0 Å². The third-order valence-corrected chi connectivity index (χ3v) is 3.32. The summed E-state index contributed by atoms with van der Waals surface area (Å²) in [6.45, 7) is 6.47. The van der Waals surface area contributed by atoms with Crippen LogP contribution >= 0.6 is 0 Å². The van der Waals surface area contributed by atoms with E-state index >= 15 is 0 Å². The van der Waals surface area contributed by atoms with Gasteiger partial charge in [0.15, 0.2) is 0 Å². The molecule has 86 valence electrons. The summed E-state index contributed by atoms with van der Waals surface area (Å²) in [5, 5.41) is 3.38. The predicted octanol–water partition coefficient (Wildman–Crippen LogP) is 2.17. The number of unbranched alkanes of at least 4 members (excludes halogenated alkanes) is 1. The molecule has 0 aliphatic rings. The molecule has 0 aromatic rings. The lowest BCUT2D eigenvalue weighted by Gasteiger charge is -2.14. The summed E-state index contributed by atoms with van der Waals surface area (Å²) in [6, 6.07) is 0. The summed E-state index contributed by atoms with van der Waals surface area (Å²) in [6.07, 6.45) is 6.96. The van der Waals surface area contributed by atoms with Crippen LogP contribution in [0.4, 0.5) is 0 Å². The van der Waals surface area contributed by atoms with Crippen LogP contribution in [0, 0.1) is 5.92 Å². The van der Waals surface area contributed by atoms with Crippen molar-refractivity contribution in [3.63, 3.8) is 0 Å². The SMILES string of the molecule is CCCCC(CC)CNCCS(C)=O. The fraction of sp³-hybridized carbons (Fsp3) is 1.00. The first-order chi connectivity index (χ1) is 6.70. The van der Waals surface area contributed by atoms with Crippen molar-refractivity contribution in [2.45, 2.75) is 39.5 Å². The summed E-state index contributed by atoms with van der Waals surface area (Å²) in [5.41, 5.74) is 0. The van der Waals surface area contributed by atoms with Crippen LogP contribution in [0.5, 0.6) is 0 Å². The molecule has 0 spiro atoms. The van der Waals surface area contributed by atoms with E-state index in [1.165, 1.54) is 25.7 Å². The highest BCUT2D eigenvalue weighted by Crippen LogP contribution is 2.10. The van der Waals surface area contributed by atoms with E-state index in [4.69, 9.17) is 0 Å². The zero-order valence-electron chi connectivity index (χ0n) is 9.84. The van der Waals surface area contributed by atoms with E-state index in [0.29, 0.717) is 0 Å². The van der Waals surface area contributed by atoms with E-state index in [-0.39, 0.29) is 0 Å². The molecule has 2 nitrogen and oxygen atoms in total. The molecule has 14 heavy (non-hydrogen) atoms. The molecule has 0 aliphatic carbocycles. The van der Waals surface area contributed by atoms with Crippen LogP contribution in [-0.4, -0.2) is 29.3 Å². The summed E-state index contributed by atoms with van der Waals surface area (Å²) >= 11 is 0. The average molecular weight is 219 g/mol. The molecular formula is C11H25NOS. The zero-order valence-corrected chi connectivity index (χ0v) is 10.7. The Balaban J connectivity index is 3.37. The van der Waals surface area contributed by atoms with Crippen LogP contribution in [0.15, 0.2) is 0 Å². The van der Waals surface area contributed by atoms with E-state index in [2.05, 4.69) is 19.2 Å². The minimum Gasteiger partial charge on any atom is -0.316 e. The second-order valence-electron chi connectivity index (χ2n) is 3.90. The van der Waals surface area contributed by atoms with Crippen molar-refractivity contribution in [2.24, 2.45) is 5.92 Å². The Bertz CT molecular complexity index is 150.